The lowest BCUT2D eigenvalue weighted by atomic mass is 10.3. The summed E-state index contributed by atoms with van der Waals surface area (Å²) in [5.41, 5.74) is 1.00. The van der Waals surface area contributed by atoms with Crippen molar-refractivity contribution in [1.82, 2.24) is 4.90 Å². The minimum Gasteiger partial charge on any atom is -0.292 e. The predicted molar refractivity (Wildman–Crippen MR) is 63.7 cm³/mol. The Hall–Kier alpha value is -1.01. The van der Waals surface area contributed by atoms with E-state index in [2.05, 4.69) is 9.89 Å². The summed E-state index contributed by atoms with van der Waals surface area (Å²) in [7, 11) is -3.47. The molecule has 6 heteroatoms. The second-order valence-electron chi connectivity index (χ2n) is 4.28. The topological polar surface area (TPSA) is 73.6 Å². The normalized spacial score (nSPS) is 22.7. The van der Waals surface area contributed by atoms with Gasteiger partial charge in [0.25, 0.3) is 0 Å². The van der Waals surface area contributed by atoms with Crippen molar-refractivity contribution in [3.63, 3.8) is 0 Å². The van der Waals surface area contributed by atoms with Crippen LogP contribution in [0.2, 0.25) is 0 Å². The first kappa shape index (κ1) is 11.5. The lowest BCUT2D eigenvalue weighted by molar-refractivity contribution is 0.340. The van der Waals surface area contributed by atoms with Gasteiger partial charge >= 0.3 is 0 Å². The molecule has 2 rings (SSSR count). The molecular weight excluding hydrogens is 226 g/mol. The van der Waals surface area contributed by atoms with Gasteiger partial charge in [0.1, 0.15) is 0 Å². The highest BCUT2D eigenvalue weighted by atomic mass is 32.2. The van der Waals surface area contributed by atoms with Crippen LogP contribution in [-0.2, 0) is 9.84 Å². The maximum absolute atomic E-state index is 11.0. The van der Waals surface area contributed by atoms with Crippen molar-refractivity contribution in [2.24, 2.45) is 4.99 Å². The molecule has 0 saturated heterocycles. The average Bonchev–Trinajstić information content (AvgIpc) is 2.94. The highest BCUT2D eigenvalue weighted by Crippen LogP contribution is 2.29. The Balaban J connectivity index is 1.91. The molecule has 1 aliphatic carbocycles. The van der Waals surface area contributed by atoms with Crippen molar-refractivity contribution < 1.29 is 8.42 Å². The summed E-state index contributed by atoms with van der Waals surface area (Å²) in [4.78, 5) is 6.01. The van der Waals surface area contributed by atoms with E-state index >= 15 is 0 Å². The first-order valence-electron chi connectivity index (χ1n) is 5.22. The third-order valence-electron chi connectivity index (χ3n) is 2.74. The van der Waals surface area contributed by atoms with Gasteiger partial charge in [-0.3, -0.25) is 10.3 Å². The van der Waals surface area contributed by atoms with Crippen molar-refractivity contribution in [2.45, 2.75) is 18.9 Å². The van der Waals surface area contributed by atoms with Gasteiger partial charge in [0.2, 0.25) is 15.0 Å². The average molecular weight is 241 g/mol. The van der Waals surface area contributed by atoms with Gasteiger partial charge in [0.15, 0.2) is 0 Å². The van der Waals surface area contributed by atoms with Crippen LogP contribution in [-0.4, -0.2) is 50.1 Å². The molecule has 0 radical (unpaired) electrons. The van der Waals surface area contributed by atoms with Crippen LogP contribution in [0.15, 0.2) is 16.6 Å². The molecule has 0 amide bonds. The van der Waals surface area contributed by atoms with Crippen molar-refractivity contribution in [2.75, 3.05) is 19.3 Å². The van der Waals surface area contributed by atoms with Crippen molar-refractivity contribution >= 4 is 21.2 Å². The van der Waals surface area contributed by atoms with E-state index in [0.717, 1.165) is 24.9 Å². The first-order chi connectivity index (χ1) is 7.47. The van der Waals surface area contributed by atoms with Gasteiger partial charge in [0.05, 0.1) is 0 Å². The van der Waals surface area contributed by atoms with Crippen LogP contribution >= 0.6 is 0 Å². The molecule has 16 heavy (non-hydrogen) atoms. The number of nitrogens with zero attached hydrogens (tertiary/aromatic N) is 2. The fraction of sp³-hybridized carbons (Fsp3) is 0.600. The largest absolute Gasteiger partial charge is 0.292 e. The van der Waals surface area contributed by atoms with Crippen LogP contribution in [0.1, 0.15) is 12.8 Å². The van der Waals surface area contributed by atoms with E-state index in [-0.39, 0.29) is 0 Å². The third kappa shape index (κ3) is 2.76. The van der Waals surface area contributed by atoms with E-state index in [1.807, 2.05) is 6.08 Å². The van der Waals surface area contributed by atoms with Crippen LogP contribution in [0.25, 0.3) is 0 Å². The van der Waals surface area contributed by atoms with Gasteiger partial charge in [-0.25, -0.2) is 13.4 Å². The van der Waals surface area contributed by atoms with Gasteiger partial charge in [-0.1, -0.05) is 6.08 Å². The minimum atomic E-state index is -3.47. The Morgan fingerprint density at radius 1 is 1.62 bits per heavy atom. The van der Waals surface area contributed by atoms with Crippen molar-refractivity contribution in [3.05, 3.63) is 11.6 Å². The molecule has 1 heterocycles. The van der Waals surface area contributed by atoms with Crippen LogP contribution in [0.4, 0.5) is 0 Å². The number of rotatable bonds is 2. The maximum atomic E-state index is 11.0. The fourth-order valence-electron chi connectivity index (χ4n) is 1.65. The number of aliphatic imine (C=N–C) groups is 1. The number of amidine groups is 1. The third-order valence-corrected chi connectivity index (χ3v) is 3.54. The second-order valence-corrected chi connectivity index (χ2v) is 6.21. The zero-order valence-corrected chi connectivity index (χ0v) is 10.00. The molecule has 1 N–H and O–H groups in total. The second kappa shape index (κ2) is 4.10. The highest BCUT2D eigenvalue weighted by molar-refractivity contribution is 8.05. The van der Waals surface area contributed by atoms with E-state index in [1.54, 1.807) is 0 Å². The van der Waals surface area contributed by atoms with Crippen LogP contribution in [0, 0.1) is 5.41 Å². The molecular formula is C10H15N3O2S. The van der Waals surface area contributed by atoms with Gasteiger partial charge in [-0.05, 0) is 18.4 Å². The zero-order chi connectivity index (χ0) is 11.8. The zero-order valence-electron chi connectivity index (χ0n) is 9.18. The number of nitrogens with one attached hydrogen (secondary N) is 1. The fourth-order valence-corrected chi connectivity index (χ4v) is 1.89. The van der Waals surface area contributed by atoms with Gasteiger partial charge in [0, 0.05) is 31.6 Å². The molecule has 0 aromatic heterocycles. The Morgan fingerprint density at radius 3 is 2.88 bits per heavy atom. The molecule has 1 saturated carbocycles. The summed E-state index contributed by atoms with van der Waals surface area (Å²) in [6.45, 7) is 1.74. The molecule has 2 aliphatic rings. The molecule has 1 aliphatic heterocycles. The summed E-state index contributed by atoms with van der Waals surface area (Å²) in [6, 6.07) is 0.705. The van der Waals surface area contributed by atoms with Crippen molar-refractivity contribution in [3.8, 4) is 0 Å². The van der Waals surface area contributed by atoms with Gasteiger partial charge in [-0.15, -0.1) is 0 Å². The molecule has 0 aromatic rings. The van der Waals surface area contributed by atoms with Gasteiger partial charge in [-0.2, -0.15) is 0 Å². The summed E-state index contributed by atoms with van der Waals surface area (Å²) >= 11 is 0. The molecule has 88 valence electrons. The van der Waals surface area contributed by atoms with E-state index in [4.69, 9.17) is 5.41 Å². The van der Waals surface area contributed by atoms with E-state index in [0.29, 0.717) is 6.04 Å². The van der Waals surface area contributed by atoms with E-state index in [1.165, 1.54) is 19.1 Å². The lowest BCUT2D eigenvalue weighted by Crippen LogP contribution is -2.23. The Morgan fingerprint density at radius 2 is 2.31 bits per heavy atom. The number of hydrogen-bond acceptors (Lipinski definition) is 4. The molecule has 0 aromatic carbocycles. The molecule has 1 fully saturated rings. The molecule has 0 atom stereocenters. The monoisotopic (exact) mass is 241 g/mol. The predicted octanol–water partition coefficient (Wildman–Crippen LogP) is 0.441. The summed E-state index contributed by atoms with van der Waals surface area (Å²) in [5, 5.41) is 6.65. The summed E-state index contributed by atoms with van der Waals surface area (Å²) < 4.78 is 21.9. The van der Waals surface area contributed by atoms with Crippen molar-refractivity contribution in [1.29, 1.82) is 5.41 Å². The standard InChI is InChI=1S/C10H15N3O2S/c1-16(14,15)10(11)12-6-8-4-5-13(7-8)9-2-3-9/h4,6,9,11H,2-3,5,7H2,1H3. The molecule has 5 nitrogen and oxygen atoms in total. The Bertz CT molecular complexity index is 460. The lowest BCUT2D eigenvalue weighted by Gasteiger charge is -2.12. The quantitative estimate of drug-likeness (QED) is 0.563. The summed E-state index contributed by atoms with van der Waals surface area (Å²) in [6.07, 6.45) is 7.05. The molecule has 0 bridgehead atoms. The molecule has 0 unspecified atom stereocenters. The Kier molecular flexibility index (Phi) is 2.94. The highest BCUT2D eigenvalue weighted by Gasteiger charge is 2.30. The van der Waals surface area contributed by atoms with Crippen LogP contribution < -0.4 is 0 Å². The van der Waals surface area contributed by atoms with Gasteiger partial charge < -0.3 is 0 Å². The first-order valence-corrected chi connectivity index (χ1v) is 7.12. The van der Waals surface area contributed by atoms with Crippen LogP contribution in [0.3, 0.4) is 0 Å². The minimum absolute atomic E-state index is 0.571. The maximum Gasteiger partial charge on any atom is 0.239 e. The van der Waals surface area contributed by atoms with E-state index in [9.17, 15) is 8.42 Å². The summed E-state index contributed by atoms with van der Waals surface area (Å²) in [5.74, 6) is 0. The Labute approximate surface area is 95.3 Å². The number of hydrogen-bond donors (Lipinski definition) is 1. The van der Waals surface area contributed by atoms with Crippen LogP contribution in [0.5, 0.6) is 0 Å². The SMILES string of the molecule is CS(=O)(=O)C(=N)N=CC1=CCN(C2CC2)C1. The smallest absolute Gasteiger partial charge is 0.239 e. The van der Waals surface area contributed by atoms with E-state index < -0.39 is 15.0 Å². The molecule has 0 spiro atoms. The number of sulfone groups is 1.